The Hall–Kier alpha value is -1.45. The zero-order chi connectivity index (χ0) is 24.7. The van der Waals surface area contributed by atoms with E-state index in [0.717, 1.165) is 6.08 Å². The second kappa shape index (κ2) is 7.52. The Bertz CT molecular complexity index is 995. The maximum Gasteiger partial charge on any atom is 0.303 e. The zero-order valence-corrected chi connectivity index (χ0v) is 20.6. The van der Waals surface area contributed by atoms with Gasteiger partial charge in [0.15, 0.2) is 12.4 Å². The highest BCUT2D eigenvalue weighted by molar-refractivity contribution is 9.10. The molecule has 9 heteroatoms. The number of ether oxygens (including phenoxy) is 1. The minimum atomic E-state index is -1.89. The number of Topliss-reactive ketones (excluding diaryl/α,β-unsaturated/α-hetero) is 1. The predicted octanol–water partition coefficient (Wildman–Crippen LogP) is 3.14. The second-order valence-electron chi connectivity index (χ2n) is 10.6. The monoisotopic (exact) mass is 530 g/mol. The number of hydrogen-bond acceptors (Lipinski definition) is 6. The lowest BCUT2D eigenvalue weighted by atomic mass is 9.45. The van der Waals surface area contributed by atoms with E-state index in [1.54, 1.807) is 20.8 Å². The van der Waals surface area contributed by atoms with E-state index in [1.165, 1.54) is 13.0 Å². The molecule has 9 atom stereocenters. The molecule has 182 valence electrons. The largest absolute Gasteiger partial charge is 0.458 e. The zero-order valence-electron chi connectivity index (χ0n) is 19.0. The van der Waals surface area contributed by atoms with Crippen LogP contribution < -0.4 is 0 Å². The molecule has 0 amide bonds. The summed E-state index contributed by atoms with van der Waals surface area (Å²) in [6.45, 7) is 5.62. The molecule has 0 spiro atoms. The van der Waals surface area contributed by atoms with Gasteiger partial charge >= 0.3 is 5.97 Å². The Kier molecular flexibility index (Phi) is 5.62. The van der Waals surface area contributed by atoms with Gasteiger partial charge in [0.1, 0.15) is 11.8 Å². The number of halogens is 3. The van der Waals surface area contributed by atoms with Gasteiger partial charge in [-0.15, -0.1) is 0 Å². The van der Waals surface area contributed by atoms with Crippen LogP contribution in [0.4, 0.5) is 8.78 Å². The van der Waals surface area contributed by atoms with Gasteiger partial charge in [-0.25, -0.2) is 8.78 Å². The van der Waals surface area contributed by atoms with Crippen molar-refractivity contribution in [2.45, 2.75) is 69.2 Å². The normalized spacial score (nSPS) is 48.8. The first kappa shape index (κ1) is 24.7. The summed E-state index contributed by atoms with van der Waals surface area (Å²) in [5, 5.41) is 23.2. The first-order valence-corrected chi connectivity index (χ1v) is 12.0. The minimum Gasteiger partial charge on any atom is -0.458 e. The number of fused-ring (bicyclic) bond motifs is 5. The maximum absolute atomic E-state index is 15.5. The quantitative estimate of drug-likeness (QED) is 0.429. The Balaban J connectivity index is 1.81. The van der Waals surface area contributed by atoms with Gasteiger partial charge < -0.3 is 14.9 Å². The summed E-state index contributed by atoms with van der Waals surface area (Å²) in [7, 11) is 0. The molecular weight excluding hydrogens is 502 g/mol. The number of hydrogen-bond donors (Lipinski definition) is 2. The van der Waals surface area contributed by atoms with E-state index in [9.17, 15) is 29.0 Å². The fraction of sp³-hybridized carbons (Fsp3) is 0.708. The van der Waals surface area contributed by atoms with E-state index >= 15 is 4.39 Å². The molecule has 0 aliphatic heterocycles. The number of esters is 1. The number of alkyl halides is 2. The van der Waals surface area contributed by atoms with Crippen molar-refractivity contribution < 1.29 is 38.1 Å². The molecule has 0 radical (unpaired) electrons. The highest BCUT2D eigenvalue weighted by atomic mass is 79.9. The van der Waals surface area contributed by atoms with Crippen LogP contribution in [0.25, 0.3) is 0 Å². The molecule has 2 N–H and O–H groups in total. The first-order valence-electron chi connectivity index (χ1n) is 11.2. The van der Waals surface area contributed by atoms with Gasteiger partial charge in [-0.3, -0.25) is 14.4 Å². The second-order valence-corrected chi connectivity index (χ2v) is 11.9. The number of aliphatic hydroxyl groups is 2. The molecule has 0 heterocycles. The summed E-state index contributed by atoms with van der Waals surface area (Å²) in [5.41, 5.74) is -4.61. The summed E-state index contributed by atoms with van der Waals surface area (Å²) in [6.07, 6.45) is -0.221. The predicted molar refractivity (Wildman–Crippen MR) is 118 cm³/mol. The Morgan fingerprint density at radius 3 is 2.52 bits per heavy atom. The van der Waals surface area contributed by atoms with Crippen LogP contribution in [0, 0.1) is 28.6 Å². The number of carbonyl (C=O) groups is 3. The first-order chi connectivity index (χ1) is 15.2. The lowest BCUT2D eigenvalue weighted by molar-refractivity contribution is -0.182. The molecule has 4 aliphatic rings. The van der Waals surface area contributed by atoms with Gasteiger partial charge in [0, 0.05) is 23.3 Å². The molecule has 4 rings (SSSR count). The van der Waals surface area contributed by atoms with Crippen molar-refractivity contribution in [2.75, 3.05) is 6.61 Å². The lowest BCUT2D eigenvalue weighted by Gasteiger charge is -2.64. The van der Waals surface area contributed by atoms with E-state index in [1.807, 2.05) is 0 Å². The number of allylic oxidation sites excluding steroid dienone is 4. The van der Waals surface area contributed by atoms with Gasteiger partial charge in [0.2, 0.25) is 11.6 Å². The highest BCUT2D eigenvalue weighted by Crippen LogP contribution is 2.72. The molecule has 33 heavy (non-hydrogen) atoms. The molecule has 3 fully saturated rings. The van der Waals surface area contributed by atoms with Crippen LogP contribution in [0.3, 0.4) is 0 Å². The average Bonchev–Trinajstić information content (AvgIpc) is 2.93. The molecule has 6 nitrogen and oxygen atoms in total. The summed E-state index contributed by atoms with van der Waals surface area (Å²) >= 11 is 3.70. The van der Waals surface area contributed by atoms with Crippen molar-refractivity contribution in [2.24, 2.45) is 28.6 Å². The van der Waals surface area contributed by atoms with Gasteiger partial charge in [0.05, 0.1) is 10.4 Å². The smallest absolute Gasteiger partial charge is 0.303 e. The third-order valence-electron chi connectivity index (χ3n) is 9.12. The van der Waals surface area contributed by atoms with E-state index in [2.05, 4.69) is 15.9 Å². The molecule has 3 unspecified atom stereocenters. The standard InChI is InChI=1S/C24H29BrF2O6/c1-11-7-13-14-8-15(26)19-20(27)16(29)5-6-21(19,3)23(14,25)17(30)9-22(13,4)24(11,32)18(31)10-33-12(2)28/h5-6,11,13-15,17,30,32H,7-10H2,1-4H3/t11?,13-,14-,15?,17?,21-,22-,23-,24-/m0/s1. The number of ketones is 2. The van der Waals surface area contributed by atoms with Crippen molar-refractivity contribution in [3.8, 4) is 0 Å². The topological polar surface area (TPSA) is 101 Å². The third kappa shape index (κ3) is 2.91. The number of aliphatic hydroxyl groups excluding tert-OH is 1. The molecule has 0 aromatic rings. The fourth-order valence-electron chi connectivity index (χ4n) is 7.50. The SMILES string of the molecule is CC(=O)OCC(=O)[C@@]1(O)C(C)C[C@H]2[C@@H]3CC(F)C4=C(F)C(=O)C=C[C@]4(C)[C@@]3(Br)C(O)C[C@@]21C. The van der Waals surface area contributed by atoms with E-state index in [4.69, 9.17) is 4.74 Å². The highest BCUT2D eigenvalue weighted by Gasteiger charge is 2.75. The number of rotatable bonds is 3. The molecule has 0 aromatic heterocycles. The van der Waals surface area contributed by atoms with Gasteiger partial charge in [-0.2, -0.15) is 0 Å². The van der Waals surface area contributed by atoms with Crippen molar-refractivity contribution in [1.82, 2.24) is 0 Å². The maximum atomic E-state index is 15.5. The Morgan fingerprint density at radius 2 is 1.91 bits per heavy atom. The molecule has 0 aromatic carbocycles. The van der Waals surface area contributed by atoms with Crippen molar-refractivity contribution in [3.63, 3.8) is 0 Å². The van der Waals surface area contributed by atoms with Crippen LogP contribution in [0.5, 0.6) is 0 Å². The van der Waals surface area contributed by atoms with Crippen LogP contribution in [0.2, 0.25) is 0 Å². The molecule has 0 bridgehead atoms. The van der Waals surface area contributed by atoms with Crippen LogP contribution in [-0.4, -0.2) is 56.6 Å². The third-order valence-corrected chi connectivity index (χ3v) is 11.1. The summed E-state index contributed by atoms with van der Waals surface area (Å²) < 4.78 is 34.0. The van der Waals surface area contributed by atoms with Crippen molar-refractivity contribution in [3.05, 3.63) is 23.6 Å². The van der Waals surface area contributed by atoms with Crippen molar-refractivity contribution in [1.29, 1.82) is 0 Å². The number of carbonyl (C=O) groups excluding carboxylic acids is 3. The minimum absolute atomic E-state index is 0.0186. The van der Waals surface area contributed by atoms with Gasteiger partial charge in [-0.05, 0) is 43.1 Å². The van der Waals surface area contributed by atoms with E-state index < -0.39 is 80.8 Å². The van der Waals surface area contributed by atoms with Crippen LogP contribution in [0.15, 0.2) is 23.6 Å². The summed E-state index contributed by atoms with van der Waals surface area (Å²) in [5.74, 6) is -4.83. The van der Waals surface area contributed by atoms with Crippen LogP contribution in [0.1, 0.15) is 47.0 Å². The summed E-state index contributed by atoms with van der Waals surface area (Å²) in [6, 6.07) is 0. The van der Waals surface area contributed by atoms with E-state index in [0.29, 0.717) is 6.42 Å². The molecule has 4 aliphatic carbocycles. The molecular formula is C24H29BrF2O6. The Morgan fingerprint density at radius 1 is 1.27 bits per heavy atom. The van der Waals surface area contributed by atoms with E-state index in [-0.39, 0.29) is 18.4 Å². The lowest BCUT2D eigenvalue weighted by Crippen LogP contribution is -2.70. The molecule has 3 saturated carbocycles. The van der Waals surface area contributed by atoms with Crippen molar-refractivity contribution >= 4 is 33.5 Å². The van der Waals surface area contributed by atoms with Crippen LogP contribution in [-0.2, 0) is 19.1 Å². The summed E-state index contributed by atoms with van der Waals surface area (Å²) in [4.78, 5) is 36.3. The average molecular weight is 531 g/mol. The molecule has 0 saturated heterocycles. The van der Waals surface area contributed by atoms with Gasteiger partial charge in [-0.1, -0.05) is 42.8 Å². The van der Waals surface area contributed by atoms with Gasteiger partial charge in [0.25, 0.3) is 0 Å². The fourth-order valence-corrected chi connectivity index (χ4v) is 8.52. The Labute approximate surface area is 199 Å². The van der Waals surface area contributed by atoms with Crippen LogP contribution >= 0.6 is 15.9 Å².